The molecule has 2 aromatic rings. The molecule has 0 aliphatic heterocycles. The van der Waals surface area contributed by atoms with Gasteiger partial charge in [-0.15, -0.1) is 0 Å². The minimum atomic E-state index is -0.747. The summed E-state index contributed by atoms with van der Waals surface area (Å²) in [4.78, 5) is 24.7. The smallest absolute Gasteiger partial charge is 0.338 e. The largest absolute Gasteiger partial charge is 0.508 e. The van der Waals surface area contributed by atoms with Crippen molar-refractivity contribution in [2.45, 2.75) is 34.6 Å². The Balaban J connectivity index is 2.14. The number of hydrogen-bond donors (Lipinski definition) is 1. The van der Waals surface area contributed by atoms with Gasteiger partial charge >= 0.3 is 5.97 Å². The van der Waals surface area contributed by atoms with E-state index in [2.05, 4.69) is 0 Å². The van der Waals surface area contributed by atoms with E-state index in [-0.39, 0.29) is 18.1 Å². The molecule has 0 saturated carbocycles. The van der Waals surface area contributed by atoms with Gasteiger partial charge in [-0.2, -0.15) is 0 Å². The van der Waals surface area contributed by atoms with E-state index in [4.69, 9.17) is 4.74 Å². The predicted octanol–water partition coefficient (Wildman–Crippen LogP) is 4.34. The molecule has 4 heteroatoms. The highest BCUT2D eigenvalue weighted by Crippen LogP contribution is 2.29. The molecule has 0 fully saturated rings. The lowest BCUT2D eigenvalue weighted by molar-refractivity contribution is -0.137. The summed E-state index contributed by atoms with van der Waals surface area (Å²) in [6, 6.07) is 10.1. The summed E-state index contributed by atoms with van der Waals surface area (Å²) in [7, 11) is 0. The molecule has 0 radical (unpaired) electrons. The minimum Gasteiger partial charge on any atom is -0.508 e. The highest BCUT2D eigenvalue weighted by atomic mass is 16.5. The van der Waals surface area contributed by atoms with Crippen molar-refractivity contribution < 1.29 is 19.4 Å². The second-order valence-electron chi connectivity index (χ2n) is 7.79. The van der Waals surface area contributed by atoms with Gasteiger partial charge in [-0.3, -0.25) is 4.79 Å². The Morgan fingerprint density at radius 2 is 1.58 bits per heavy atom. The molecule has 1 N–H and O–H groups in total. The summed E-state index contributed by atoms with van der Waals surface area (Å²) in [5, 5.41) is 11.2. The Labute approximate surface area is 142 Å². The van der Waals surface area contributed by atoms with E-state index in [1.54, 1.807) is 50.2 Å². The molecule has 0 heterocycles. The molecule has 0 saturated heterocycles. The fourth-order valence-corrected chi connectivity index (χ4v) is 2.77. The number of rotatable bonds is 4. The lowest BCUT2D eigenvalue weighted by atomic mass is 9.75. The molecular weight excluding hydrogens is 304 g/mol. The third kappa shape index (κ3) is 3.94. The molecule has 2 rings (SSSR count). The van der Waals surface area contributed by atoms with E-state index in [9.17, 15) is 14.7 Å². The van der Waals surface area contributed by atoms with Crippen LogP contribution >= 0.6 is 0 Å². The number of aromatic hydroxyl groups is 1. The van der Waals surface area contributed by atoms with Gasteiger partial charge in [0.2, 0.25) is 0 Å². The van der Waals surface area contributed by atoms with Crippen LogP contribution in [0.25, 0.3) is 10.8 Å². The average Bonchev–Trinajstić information content (AvgIpc) is 2.50. The van der Waals surface area contributed by atoms with Gasteiger partial charge in [0.15, 0.2) is 0 Å². The molecule has 0 aromatic heterocycles. The van der Waals surface area contributed by atoms with Gasteiger partial charge in [-0.25, -0.2) is 4.79 Å². The number of phenols is 1. The van der Waals surface area contributed by atoms with Gasteiger partial charge in [-0.05, 0) is 48.9 Å². The molecule has 24 heavy (non-hydrogen) atoms. The van der Waals surface area contributed by atoms with Crippen molar-refractivity contribution in [3.05, 3.63) is 42.0 Å². The zero-order valence-corrected chi connectivity index (χ0v) is 14.8. The van der Waals surface area contributed by atoms with E-state index in [1.807, 2.05) is 20.8 Å². The van der Waals surface area contributed by atoms with Crippen molar-refractivity contribution in [2.75, 3.05) is 6.61 Å². The van der Waals surface area contributed by atoms with E-state index >= 15 is 0 Å². The normalized spacial score (nSPS) is 12.2. The van der Waals surface area contributed by atoms with Crippen molar-refractivity contribution in [3.8, 4) is 5.75 Å². The maximum atomic E-state index is 12.4. The Hall–Kier alpha value is -2.36. The summed E-state index contributed by atoms with van der Waals surface area (Å²) in [6.07, 6.45) is 0. The lowest BCUT2D eigenvalue weighted by Crippen LogP contribution is -2.38. The SMILES string of the molecule is CC(C)(C)C(=O)C(C)(C)COC(=O)c1ccc2ccc(O)cc2c1. The van der Waals surface area contributed by atoms with E-state index in [0.717, 1.165) is 10.8 Å². The van der Waals surface area contributed by atoms with Gasteiger partial charge in [0.25, 0.3) is 0 Å². The van der Waals surface area contributed by atoms with Crippen molar-refractivity contribution >= 4 is 22.5 Å². The molecule has 0 amide bonds. The van der Waals surface area contributed by atoms with Crippen molar-refractivity contribution in [2.24, 2.45) is 10.8 Å². The molecule has 0 aliphatic rings. The summed E-state index contributed by atoms with van der Waals surface area (Å²) in [5.41, 5.74) is -0.841. The fraction of sp³-hybridized carbons (Fsp3) is 0.400. The summed E-state index contributed by atoms with van der Waals surface area (Å²) in [6.45, 7) is 9.16. The Kier molecular flexibility index (Phi) is 4.70. The van der Waals surface area contributed by atoms with Crippen LogP contribution in [0, 0.1) is 10.8 Å². The minimum absolute atomic E-state index is 0.0278. The second-order valence-corrected chi connectivity index (χ2v) is 7.79. The first-order chi connectivity index (χ1) is 11.0. The van der Waals surface area contributed by atoms with Crippen LogP contribution in [0.4, 0.5) is 0 Å². The number of esters is 1. The molecule has 0 spiro atoms. The molecule has 4 nitrogen and oxygen atoms in total. The first-order valence-electron chi connectivity index (χ1n) is 7.95. The molecule has 0 unspecified atom stereocenters. The van der Waals surface area contributed by atoms with Crippen LogP contribution in [0.1, 0.15) is 45.0 Å². The van der Waals surface area contributed by atoms with Crippen LogP contribution in [0.15, 0.2) is 36.4 Å². The number of carbonyl (C=O) groups excluding carboxylic acids is 2. The van der Waals surface area contributed by atoms with Crippen LogP contribution < -0.4 is 0 Å². The zero-order valence-electron chi connectivity index (χ0n) is 14.8. The van der Waals surface area contributed by atoms with Crippen LogP contribution in [-0.4, -0.2) is 23.5 Å². The molecule has 2 aromatic carbocycles. The van der Waals surface area contributed by atoms with Crippen LogP contribution in [0.2, 0.25) is 0 Å². The number of fused-ring (bicyclic) bond motifs is 1. The van der Waals surface area contributed by atoms with Gasteiger partial charge in [0.1, 0.15) is 18.1 Å². The second kappa shape index (κ2) is 6.27. The van der Waals surface area contributed by atoms with E-state index < -0.39 is 16.8 Å². The summed E-state index contributed by atoms with van der Waals surface area (Å²) < 4.78 is 5.37. The molecule has 0 aliphatic carbocycles. The number of carbonyl (C=O) groups is 2. The molecular formula is C20H24O4. The zero-order chi connectivity index (χ0) is 18.1. The third-order valence-corrected chi connectivity index (χ3v) is 3.92. The summed E-state index contributed by atoms with van der Waals surface area (Å²) in [5.74, 6) is -0.286. The standard InChI is InChI=1S/C20H24O4/c1-19(2,3)18(23)20(4,5)12-24-17(22)14-7-6-13-8-9-16(21)11-15(13)10-14/h6-11,21H,12H2,1-5H3. The van der Waals surface area contributed by atoms with Crippen LogP contribution in [0.5, 0.6) is 5.75 Å². The van der Waals surface area contributed by atoms with E-state index in [0.29, 0.717) is 5.56 Å². The fourth-order valence-electron chi connectivity index (χ4n) is 2.77. The Bertz CT molecular complexity index is 782. The highest BCUT2D eigenvalue weighted by Gasteiger charge is 2.37. The van der Waals surface area contributed by atoms with Gasteiger partial charge in [-0.1, -0.05) is 32.9 Å². The third-order valence-electron chi connectivity index (χ3n) is 3.92. The highest BCUT2D eigenvalue weighted by molar-refractivity contribution is 5.96. The summed E-state index contributed by atoms with van der Waals surface area (Å²) >= 11 is 0. The van der Waals surface area contributed by atoms with E-state index in [1.165, 1.54) is 0 Å². The number of Topliss-reactive ketones (excluding diaryl/α,β-unsaturated/α-hetero) is 1. The Morgan fingerprint density at radius 1 is 0.958 bits per heavy atom. The monoisotopic (exact) mass is 328 g/mol. The maximum Gasteiger partial charge on any atom is 0.338 e. The van der Waals surface area contributed by atoms with Crippen LogP contribution in [-0.2, 0) is 9.53 Å². The predicted molar refractivity (Wildman–Crippen MR) is 94.1 cm³/mol. The van der Waals surface area contributed by atoms with Crippen molar-refractivity contribution in [1.82, 2.24) is 0 Å². The average molecular weight is 328 g/mol. The maximum absolute atomic E-state index is 12.4. The van der Waals surface area contributed by atoms with Gasteiger partial charge in [0.05, 0.1) is 11.0 Å². The first kappa shape index (κ1) is 18.0. The molecule has 0 atom stereocenters. The van der Waals surface area contributed by atoms with Gasteiger partial charge in [0, 0.05) is 5.41 Å². The molecule has 128 valence electrons. The quantitative estimate of drug-likeness (QED) is 0.848. The number of hydrogen-bond acceptors (Lipinski definition) is 4. The van der Waals surface area contributed by atoms with Crippen LogP contribution in [0.3, 0.4) is 0 Å². The van der Waals surface area contributed by atoms with Crippen molar-refractivity contribution in [3.63, 3.8) is 0 Å². The molecule has 0 bridgehead atoms. The first-order valence-corrected chi connectivity index (χ1v) is 7.95. The van der Waals surface area contributed by atoms with Crippen molar-refractivity contribution in [1.29, 1.82) is 0 Å². The number of ether oxygens (including phenoxy) is 1. The lowest BCUT2D eigenvalue weighted by Gasteiger charge is -2.30. The number of phenolic OH excluding ortho intramolecular Hbond substituents is 1. The van der Waals surface area contributed by atoms with Gasteiger partial charge < -0.3 is 9.84 Å². The Morgan fingerprint density at radius 3 is 2.21 bits per heavy atom. The number of benzene rings is 2. The topological polar surface area (TPSA) is 63.6 Å². The number of ketones is 1.